The van der Waals surface area contributed by atoms with Gasteiger partial charge < -0.3 is 5.11 Å². The Morgan fingerprint density at radius 2 is 2.21 bits per heavy atom. The first kappa shape index (κ1) is 10.2. The van der Waals surface area contributed by atoms with E-state index in [9.17, 15) is 5.11 Å². The van der Waals surface area contributed by atoms with E-state index in [-0.39, 0.29) is 6.10 Å². The molecule has 2 rings (SSSR count). The van der Waals surface area contributed by atoms with Gasteiger partial charge >= 0.3 is 0 Å². The molecular weight excluding hydrogens is 172 g/mol. The topological polar surface area (TPSA) is 20.2 Å². The summed E-state index contributed by atoms with van der Waals surface area (Å²) in [6, 6.07) is 0. The van der Waals surface area contributed by atoms with E-state index >= 15 is 0 Å². The van der Waals surface area contributed by atoms with Crippen LogP contribution in [0.1, 0.15) is 46.5 Å². The summed E-state index contributed by atoms with van der Waals surface area (Å²) in [6.07, 6.45) is 6.96. The van der Waals surface area contributed by atoms with E-state index < -0.39 is 0 Å². The van der Waals surface area contributed by atoms with E-state index in [0.717, 1.165) is 18.3 Å². The molecule has 0 aliphatic heterocycles. The fraction of sp³-hybridized carbons (Fsp3) is 0.846. The summed E-state index contributed by atoms with van der Waals surface area (Å²) in [5.74, 6) is 1.51. The highest BCUT2D eigenvalue weighted by atomic mass is 16.3. The SMILES string of the molecule is C/C=C1/[C@H](O)CC2C(C)CCC[C@]12C. The zero-order valence-electron chi connectivity index (χ0n) is 9.59. The predicted octanol–water partition coefficient (Wildman–Crippen LogP) is 3.14. The van der Waals surface area contributed by atoms with Crippen molar-refractivity contribution in [3.8, 4) is 0 Å². The van der Waals surface area contributed by atoms with Crippen molar-refractivity contribution in [2.45, 2.75) is 52.6 Å². The molecule has 2 unspecified atom stereocenters. The smallest absolute Gasteiger partial charge is 0.0758 e. The van der Waals surface area contributed by atoms with Crippen LogP contribution in [-0.4, -0.2) is 11.2 Å². The lowest BCUT2D eigenvalue weighted by atomic mass is 9.63. The Labute approximate surface area is 87.2 Å². The monoisotopic (exact) mass is 194 g/mol. The lowest BCUT2D eigenvalue weighted by molar-refractivity contribution is 0.122. The van der Waals surface area contributed by atoms with E-state index in [1.807, 2.05) is 0 Å². The first-order valence-corrected chi connectivity index (χ1v) is 5.94. The van der Waals surface area contributed by atoms with E-state index in [1.54, 1.807) is 0 Å². The molecule has 0 aromatic rings. The lowest BCUT2D eigenvalue weighted by Gasteiger charge is -2.41. The van der Waals surface area contributed by atoms with Crippen LogP contribution >= 0.6 is 0 Å². The molecule has 0 heterocycles. The Kier molecular flexibility index (Phi) is 2.46. The first-order chi connectivity index (χ1) is 6.59. The number of fused-ring (bicyclic) bond motifs is 1. The van der Waals surface area contributed by atoms with Crippen LogP contribution in [0.4, 0.5) is 0 Å². The second kappa shape index (κ2) is 3.37. The standard InChI is InChI=1S/C13H22O/c1-4-10-12(14)8-11-9(2)6-5-7-13(10,11)3/h4,9,11-12,14H,5-8H2,1-3H3/b10-4-/t9?,11?,12-,13-/m1/s1. The van der Waals surface area contributed by atoms with Crippen molar-refractivity contribution in [2.24, 2.45) is 17.3 Å². The Balaban J connectivity index is 2.34. The van der Waals surface area contributed by atoms with Crippen molar-refractivity contribution in [3.05, 3.63) is 11.6 Å². The lowest BCUT2D eigenvalue weighted by Crippen LogP contribution is -2.32. The second-order valence-corrected chi connectivity index (χ2v) is 5.39. The van der Waals surface area contributed by atoms with Gasteiger partial charge in [-0.05, 0) is 42.6 Å². The molecule has 1 N–H and O–H groups in total. The number of rotatable bonds is 0. The highest BCUT2D eigenvalue weighted by Crippen LogP contribution is 2.56. The minimum Gasteiger partial charge on any atom is -0.389 e. The quantitative estimate of drug-likeness (QED) is 0.587. The Hall–Kier alpha value is -0.300. The molecule has 0 aromatic heterocycles. The van der Waals surface area contributed by atoms with Crippen LogP contribution in [0.2, 0.25) is 0 Å². The molecule has 0 bridgehead atoms. The van der Waals surface area contributed by atoms with Crippen LogP contribution in [0.3, 0.4) is 0 Å². The minimum atomic E-state index is -0.157. The molecule has 2 aliphatic carbocycles. The van der Waals surface area contributed by atoms with Crippen LogP contribution in [-0.2, 0) is 0 Å². The summed E-state index contributed by atoms with van der Waals surface area (Å²) in [7, 11) is 0. The van der Waals surface area contributed by atoms with Gasteiger partial charge in [0.2, 0.25) is 0 Å². The third kappa shape index (κ3) is 1.25. The zero-order chi connectivity index (χ0) is 10.3. The average molecular weight is 194 g/mol. The molecule has 0 radical (unpaired) electrons. The van der Waals surface area contributed by atoms with Crippen molar-refractivity contribution in [1.82, 2.24) is 0 Å². The van der Waals surface area contributed by atoms with Gasteiger partial charge in [-0.25, -0.2) is 0 Å². The third-order valence-electron chi connectivity index (χ3n) is 4.67. The van der Waals surface area contributed by atoms with Crippen LogP contribution < -0.4 is 0 Å². The highest BCUT2D eigenvalue weighted by molar-refractivity contribution is 5.26. The van der Waals surface area contributed by atoms with Crippen molar-refractivity contribution < 1.29 is 5.11 Å². The number of aliphatic hydroxyl groups excluding tert-OH is 1. The number of hydrogen-bond donors (Lipinski definition) is 1. The predicted molar refractivity (Wildman–Crippen MR) is 59.0 cm³/mol. The number of aliphatic hydroxyl groups is 1. The fourth-order valence-electron chi connectivity index (χ4n) is 3.93. The van der Waals surface area contributed by atoms with E-state index in [2.05, 4.69) is 26.8 Å². The van der Waals surface area contributed by atoms with E-state index in [1.165, 1.54) is 24.8 Å². The van der Waals surface area contributed by atoms with Crippen molar-refractivity contribution in [2.75, 3.05) is 0 Å². The summed E-state index contributed by atoms with van der Waals surface area (Å²) in [4.78, 5) is 0. The molecule has 2 aliphatic rings. The molecule has 1 heteroatoms. The van der Waals surface area contributed by atoms with Crippen molar-refractivity contribution in [1.29, 1.82) is 0 Å². The molecule has 14 heavy (non-hydrogen) atoms. The van der Waals surface area contributed by atoms with E-state index in [0.29, 0.717) is 5.41 Å². The molecule has 1 nitrogen and oxygen atoms in total. The summed E-state index contributed by atoms with van der Waals surface area (Å²) in [5.41, 5.74) is 1.63. The van der Waals surface area contributed by atoms with Gasteiger partial charge in [0.05, 0.1) is 6.10 Å². The van der Waals surface area contributed by atoms with Gasteiger partial charge in [-0.1, -0.05) is 32.8 Å². The third-order valence-corrected chi connectivity index (χ3v) is 4.67. The zero-order valence-corrected chi connectivity index (χ0v) is 9.59. The normalized spacial score (nSPS) is 50.9. The summed E-state index contributed by atoms with van der Waals surface area (Å²) < 4.78 is 0. The van der Waals surface area contributed by atoms with Gasteiger partial charge in [0, 0.05) is 0 Å². The molecule has 2 fully saturated rings. The van der Waals surface area contributed by atoms with Gasteiger partial charge in [-0.15, -0.1) is 0 Å². The largest absolute Gasteiger partial charge is 0.389 e. The first-order valence-electron chi connectivity index (χ1n) is 5.94. The molecular formula is C13H22O. The van der Waals surface area contributed by atoms with Gasteiger partial charge in [0.1, 0.15) is 0 Å². The van der Waals surface area contributed by atoms with Crippen molar-refractivity contribution >= 4 is 0 Å². The summed E-state index contributed by atoms with van der Waals surface area (Å²) in [5, 5.41) is 10.0. The Morgan fingerprint density at radius 3 is 2.86 bits per heavy atom. The molecule has 0 amide bonds. The van der Waals surface area contributed by atoms with Gasteiger partial charge in [-0.3, -0.25) is 0 Å². The average Bonchev–Trinajstić information content (AvgIpc) is 2.38. The summed E-state index contributed by atoms with van der Waals surface area (Å²) >= 11 is 0. The van der Waals surface area contributed by atoms with Gasteiger partial charge in [0.15, 0.2) is 0 Å². The van der Waals surface area contributed by atoms with Crippen LogP contribution in [0.25, 0.3) is 0 Å². The molecule has 0 spiro atoms. The highest BCUT2D eigenvalue weighted by Gasteiger charge is 2.50. The van der Waals surface area contributed by atoms with E-state index in [4.69, 9.17) is 0 Å². The van der Waals surface area contributed by atoms with Crippen LogP contribution in [0.5, 0.6) is 0 Å². The van der Waals surface area contributed by atoms with Crippen molar-refractivity contribution in [3.63, 3.8) is 0 Å². The van der Waals surface area contributed by atoms with Gasteiger partial charge in [-0.2, -0.15) is 0 Å². The maximum Gasteiger partial charge on any atom is 0.0758 e. The minimum absolute atomic E-state index is 0.157. The molecule has 2 saturated carbocycles. The Morgan fingerprint density at radius 1 is 1.50 bits per heavy atom. The fourth-order valence-corrected chi connectivity index (χ4v) is 3.93. The molecule has 0 saturated heterocycles. The number of hydrogen-bond acceptors (Lipinski definition) is 1. The van der Waals surface area contributed by atoms with Crippen LogP contribution in [0.15, 0.2) is 11.6 Å². The maximum absolute atomic E-state index is 10.0. The summed E-state index contributed by atoms with van der Waals surface area (Å²) in [6.45, 7) is 6.79. The second-order valence-electron chi connectivity index (χ2n) is 5.39. The Bertz CT molecular complexity index is 256. The van der Waals surface area contributed by atoms with Gasteiger partial charge in [0.25, 0.3) is 0 Å². The molecule has 0 aromatic carbocycles. The molecule has 4 atom stereocenters. The molecule has 80 valence electrons. The number of allylic oxidation sites excluding steroid dienone is 1. The maximum atomic E-state index is 10.0. The van der Waals surface area contributed by atoms with Crippen LogP contribution in [0, 0.1) is 17.3 Å².